The number of carbonyl (C=O) groups excluding carboxylic acids is 1. The molecule has 136 valence electrons. The first-order valence-electron chi connectivity index (χ1n) is 8.17. The molecule has 26 heavy (non-hydrogen) atoms. The van der Waals surface area contributed by atoms with Crippen LogP contribution in [0.1, 0.15) is 23.7 Å². The molecule has 1 fully saturated rings. The second-order valence-electron chi connectivity index (χ2n) is 6.39. The van der Waals surface area contributed by atoms with Gasteiger partial charge in [-0.1, -0.05) is 6.92 Å². The van der Waals surface area contributed by atoms with E-state index in [0.29, 0.717) is 25.2 Å². The van der Waals surface area contributed by atoms with Crippen LogP contribution in [0.5, 0.6) is 0 Å². The van der Waals surface area contributed by atoms with Gasteiger partial charge in [-0.2, -0.15) is 0 Å². The Hall–Kier alpha value is -3.23. The summed E-state index contributed by atoms with van der Waals surface area (Å²) in [6.45, 7) is 2.42. The summed E-state index contributed by atoms with van der Waals surface area (Å²) in [5.41, 5.74) is 0.339. The molecule has 3 rings (SSSR count). The van der Waals surface area contributed by atoms with Crippen molar-refractivity contribution >= 4 is 17.6 Å². The molecule has 1 aromatic heterocycles. The molecule has 2 atom stereocenters. The number of amides is 1. The van der Waals surface area contributed by atoms with Crippen LogP contribution in [0.2, 0.25) is 0 Å². The van der Waals surface area contributed by atoms with Crippen LogP contribution in [0.3, 0.4) is 0 Å². The van der Waals surface area contributed by atoms with Gasteiger partial charge < -0.3 is 14.6 Å². The van der Waals surface area contributed by atoms with E-state index in [9.17, 15) is 24.8 Å². The topological polar surface area (TPSA) is 119 Å². The number of benzene rings is 1. The van der Waals surface area contributed by atoms with Gasteiger partial charge in [0, 0.05) is 37.1 Å². The third kappa shape index (κ3) is 3.28. The number of piperidine rings is 1. The highest BCUT2D eigenvalue weighted by molar-refractivity contribution is 5.95. The Labute approximate surface area is 149 Å². The average Bonchev–Trinajstić information content (AvgIpc) is 3.14. The lowest BCUT2D eigenvalue weighted by Crippen LogP contribution is -2.45. The molecule has 0 aliphatic carbocycles. The molecule has 1 saturated heterocycles. The molecule has 2 heterocycles. The number of aromatic nitrogens is 2. The quantitative estimate of drug-likeness (QED) is 0.659. The first kappa shape index (κ1) is 17.6. The summed E-state index contributed by atoms with van der Waals surface area (Å²) in [4.78, 5) is 40.2. The van der Waals surface area contributed by atoms with Crippen molar-refractivity contribution < 1.29 is 19.6 Å². The van der Waals surface area contributed by atoms with E-state index in [1.165, 1.54) is 29.2 Å². The van der Waals surface area contributed by atoms with Crippen LogP contribution in [0.4, 0.5) is 5.69 Å². The third-order valence-electron chi connectivity index (χ3n) is 4.71. The molecule has 1 aliphatic heterocycles. The number of nitro benzene ring substituents is 1. The van der Waals surface area contributed by atoms with Crippen LogP contribution in [0.25, 0.3) is 5.69 Å². The zero-order chi connectivity index (χ0) is 18.8. The average molecular weight is 358 g/mol. The number of carboxylic acid groups (broad SMARTS) is 1. The number of carboxylic acids is 1. The summed E-state index contributed by atoms with van der Waals surface area (Å²) >= 11 is 0. The van der Waals surface area contributed by atoms with Gasteiger partial charge in [0.05, 0.1) is 17.2 Å². The van der Waals surface area contributed by atoms with Crippen molar-refractivity contribution in [3.05, 3.63) is 52.6 Å². The van der Waals surface area contributed by atoms with Crippen molar-refractivity contribution in [2.45, 2.75) is 13.3 Å². The van der Waals surface area contributed by atoms with Gasteiger partial charge >= 0.3 is 5.97 Å². The van der Waals surface area contributed by atoms with Gasteiger partial charge in [-0.25, -0.2) is 4.98 Å². The lowest BCUT2D eigenvalue weighted by Gasteiger charge is -2.35. The maximum Gasteiger partial charge on any atom is 0.306 e. The Morgan fingerprint density at radius 3 is 2.73 bits per heavy atom. The van der Waals surface area contributed by atoms with Gasteiger partial charge in [-0.3, -0.25) is 19.7 Å². The van der Waals surface area contributed by atoms with E-state index in [-0.39, 0.29) is 23.1 Å². The maximum absolute atomic E-state index is 12.7. The zero-order valence-electron chi connectivity index (χ0n) is 14.1. The zero-order valence-corrected chi connectivity index (χ0v) is 14.1. The minimum atomic E-state index is -0.857. The lowest BCUT2D eigenvalue weighted by molar-refractivity contribution is -0.384. The molecule has 2 aromatic rings. The fourth-order valence-electron chi connectivity index (χ4n) is 3.30. The second-order valence-corrected chi connectivity index (χ2v) is 6.39. The number of rotatable bonds is 4. The molecule has 0 bridgehead atoms. The fraction of sp³-hybridized carbons (Fsp3) is 0.353. The summed E-state index contributed by atoms with van der Waals surface area (Å²) in [6, 6.07) is 4.31. The minimum absolute atomic E-state index is 0.176. The first-order valence-corrected chi connectivity index (χ1v) is 8.17. The van der Waals surface area contributed by atoms with Crippen LogP contribution >= 0.6 is 0 Å². The number of imidazole rings is 1. The van der Waals surface area contributed by atoms with Crippen molar-refractivity contribution in [2.24, 2.45) is 11.8 Å². The second kappa shape index (κ2) is 6.95. The SMILES string of the molecule is CC1CN(C(=O)c2ccc(-n3ccnc3)c([N+](=O)[O-])c2)CCC1C(=O)O. The molecule has 2 unspecified atom stereocenters. The van der Waals surface area contributed by atoms with Crippen LogP contribution < -0.4 is 0 Å². The van der Waals surface area contributed by atoms with Gasteiger partial charge in [0.2, 0.25) is 0 Å². The Morgan fingerprint density at radius 2 is 2.15 bits per heavy atom. The van der Waals surface area contributed by atoms with Crippen LogP contribution in [-0.2, 0) is 4.79 Å². The highest BCUT2D eigenvalue weighted by atomic mass is 16.6. The molecular formula is C17H18N4O5. The molecule has 9 nitrogen and oxygen atoms in total. The van der Waals surface area contributed by atoms with Crippen molar-refractivity contribution in [1.29, 1.82) is 0 Å². The smallest absolute Gasteiger partial charge is 0.306 e. The molecular weight excluding hydrogens is 340 g/mol. The Bertz CT molecular complexity index is 849. The van der Waals surface area contributed by atoms with Gasteiger partial charge in [-0.15, -0.1) is 0 Å². The fourth-order valence-corrected chi connectivity index (χ4v) is 3.30. The number of likely N-dealkylation sites (tertiary alicyclic amines) is 1. The summed E-state index contributed by atoms with van der Waals surface area (Å²) in [6.07, 6.45) is 4.92. The standard InChI is InChI=1S/C17H18N4O5/c1-11-9-19(6-4-13(11)17(23)24)16(22)12-2-3-14(15(8-12)21(25)26)20-7-5-18-10-20/h2-3,5,7-8,10-11,13H,4,6,9H2,1H3,(H,23,24). The van der Waals surface area contributed by atoms with Crippen LogP contribution in [0, 0.1) is 22.0 Å². The van der Waals surface area contributed by atoms with Crippen molar-refractivity contribution in [2.75, 3.05) is 13.1 Å². The molecule has 1 amide bonds. The molecule has 9 heteroatoms. The highest BCUT2D eigenvalue weighted by Crippen LogP contribution is 2.28. The van der Waals surface area contributed by atoms with E-state index in [2.05, 4.69) is 4.98 Å². The number of nitrogens with zero attached hydrogens (tertiary/aromatic N) is 4. The largest absolute Gasteiger partial charge is 0.481 e. The van der Waals surface area contributed by atoms with E-state index in [0.717, 1.165) is 0 Å². The Balaban J connectivity index is 1.86. The number of nitro groups is 1. The molecule has 1 aliphatic rings. The number of aliphatic carboxylic acids is 1. The molecule has 0 saturated carbocycles. The normalized spacial score (nSPS) is 20.0. The summed E-state index contributed by atoms with van der Waals surface area (Å²) < 4.78 is 1.51. The van der Waals surface area contributed by atoms with Crippen LogP contribution in [-0.4, -0.2) is 49.4 Å². The number of hydrogen-bond acceptors (Lipinski definition) is 5. The maximum atomic E-state index is 12.7. The Kier molecular flexibility index (Phi) is 4.70. The van der Waals surface area contributed by atoms with Crippen molar-refractivity contribution in [3.63, 3.8) is 0 Å². The lowest BCUT2D eigenvalue weighted by atomic mass is 9.87. The third-order valence-corrected chi connectivity index (χ3v) is 4.71. The number of carbonyl (C=O) groups is 2. The number of hydrogen-bond donors (Lipinski definition) is 1. The van der Waals surface area contributed by atoms with E-state index in [4.69, 9.17) is 0 Å². The summed E-state index contributed by atoms with van der Waals surface area (Å²) in [5.74, 6) is -1.84. The van der Waals surface area contributed by atoms with E-state index < -0.39 is 16.8 Å². The van der Waals surface area contributed by atoms with Crippen molar-refractivity contribution in [1.82, 2.24) is 14.5 Å². The molecule has 0 spiro atoms. The first-order chi connectivity index (χ1) is 12.4. The van der Waals surface area contributed by atoms with Gasteiger partial charge in [0.1, 0.15) is 5.69 Å². The highest BCUT2D eigenvalue weighted by Gasteiger charge is 2.33. The van der Waals surface area contributed by atoms with Crippen LogP contribution in [0.15, 0.2) is 36.9 Å². The molecule has 1 aromatic carbocycles. The van der Waals surface area contributed by atoms with E-state index >= 15 is 0 Å². The van der Waals surface area contributed by atoms with Crippen molar-refractivity contribution in [3.8, 4) is 5.69 Å². The predicted octanol–water partition coefficient (Wildman–Crippen LogP) is 1.96. The minimum Gasteiger partial charge on any atom is -0.481 e. The Morgan fingerprint density at radius 1 is 1.38 bits per heavy atom. The van der Waals surface area contributed by atoms with E-state index in [1.807, 2.05) is 0 Å². The monoisotopic (exact) mass is 358 g/mol. The van der Waals surface area contributed by atoms with Gasteiger partial charge in [-0.05, 0) is 24.5 Å². The predicted molar refractivity (Wildman–Crippen MR) is 91.0 cm³/mol. The molecule has 0 radical (unpaired) electrons. The summed E-state index contributed by atoms with van der Waals surface area (Å²) in [7, 11) is 0. The molecule has 1 N–H and O–H groups in total. The van der Waals surface area contributed by atoms with Gasteiger partial charge in [0.15, 0.2) is 0 Å². The van der Waals surface area contributed by atoms with Gasteiger partial charge in [0.25, 0.3) is 11.6 Å². The summed E-state index contributed by atoms with van der Waals surface area (Å²) in [5, 5.41) is 20.6. The van der Waals surface area contributed by atoms with E-state index in [1.54, 1.807) is 24.1 Å².